The largest absolute Gasteiger partial charge is 0.332 e. The second-order valence-electron chi connectivity index (χ2n) is 5.39. The van der Waals surface area contributed by atoms with Gasteiger partial charge in [0.2, 0.25) is 0 Å². The molecule has 0 bridgehead atoms. The van der Waals surface area contributed by atoms with Gasteiger partial charge >= 0.3 is 0 Å². The first-order valence-corrected chi connectivity index (χ1v) is 8.96. The van der Waals surface area contributed by atoms with Crippen LogP contribution in [-0.2, 0) is 0 Å². The number of hydrogen-bond acceptors (Lipinski definition) is 3. The lowest BCUT2D eigenvalue weighted by Gasteiger charge is -2.25. The maximum atomic E-state index is 11.3. The SMILES string of the molecule is CC(=O)c1ccc(NC(=S)N2CCCSc3ccccc32)cc1. The van der Waals surface area contributed by atoms with Crippen LogP contribution in [0.3, 0.4) is 0 Å². The van der Waals surface area contributed by atoms with Crippen LogP contribution in [0, 0.1) is 0 Å². The molecule has 5 heteroatoms. The van der Waals surface area contributed by atoms with Crippen molar-refractivity contribution >= 4 is 46.3 Å². The van der Waals surface area contributed by atoms with Crippen LogP contribution in [0.4, 0.5) is 11.4 Å². The molecule has 0 aromatic heterocycles. The molecule has 118 valence electrons. The van der Waals surface area contributed by atoms with Crippen molar-refractivity contribution < 1.29 is 4.79 Å². The van der Waals surface area contributed by atoms with Gasteiger partial charge in [0.1, 0.15) is 0 Å². The van der Waals surface area contributed by atoms with Gasteiger partial charge in [-0.2, -0.15) is 0 Å². The van der Waals surface area contributed by atoms with E-state index in [1.807, 2.05) is 42.1 Å². The third-order valence-corrected chi connectivity index (χ3v) is 5.20. The molecular weight excluding hydrogens is 324 g/mol. The Bertz CT molecular complexity index is 728. The number of hydrogen-bond donors (Lipinski definition) is 1. The van der Waals surface area contributed by atoms with E-state index in [0.29, 0.717) is 10.7 Å². The number of Topliss-reactive ketones (excluding diaryl/α,β-unsaturated/α-hetero) is 1. The number of thioether (sulfide) groups is 1. The Balaban J connectivity index is 1.79. The van der Waals surface area contributed by atoms with Crippen LogP contribution in [0.2, 0.25) is 0 Å². The van der Waals surface area contributed by atoms with Crippen LogP contribution in [0.15, 0.2) is 53.4 Å². The van der Waals surface area contributed by atoms with E-state index in [-0.39, 0.29) is 5.78 Å². The molecular formula is C18H18N2OS2. The van der Waals surface area contributed by atoms with Crippen molar-refractivity contribution in [2.24, 2.45) is 0 Å². The molecule has 0 fully saturated rings. The maximum Gasteiger partial charge on any atom is 0.177 e. The van der Waals surface area contributed by atoms with Crippen molar-refractivity contribution in [2.75, 3.05) is 22.5 Å². The predicted molar refractivity (Wildman–Crippen MR) is 102 cm³/mol. The number of nitrogens with one attached hydrogen (secondary N) is 1. The fourth-order valence-electron chi connectivity index (χ4n) is 2.52. The molecule has 1 N–H and O–H groups in total. The molecule has 0 saturated carbocycles. The molecule has 0 aliphatic carbocycles. The molecule has 23 heavy (non-hydrogen) atoms. The zero-order valence-electron chi connectivity index (χ0n) is 12.9. The van der Waals surface area contributed by atoms with Gasteiger partial charge in [-0.05, 0) is 67.7 Å². The molecule has 0 atom stereocenters. The number of rotatable bonds is 2. The van der Waals surface area contributed by atoms with Gasteiger partial charge < -0.3 is 10.2 Å². The quantitative estimate of drug-likeness (QED) is 0.637. The highest BCUT2D eigenvalue weighted by atomic mass is 32.2. The number of ketones is 1. The van der Waals surface area contributed by atoms with E-state index in [0.717, 1.165) is 30.1 Å². The number of anilines is 2. The molecule has 3 rings (SSSR count). The third-order valence-electron chi connectivity index (χ3n) is 3.73. The van der Waals surface area contributed by atoms with E-state index in [1.165, 1.54) is 4.90 Å². The summed E-state index contributed by atoms with van der Waals surface area (Å²) in [7, 11) is 0. The monoisotopic (exact) mass is 342 g/mol. The van der Waals surface area contributed by atoms with Gasteiger partial charge in [0.05, 0.1) is 5.69 Å². The zero-order valence-corrected chi connectivity index (χ0v) is 14.5. The lowest BCUT2D eigenvalue weighted by Crippen LogP contribution is -2.35. The number of para-hydroxylation sites is 1. The Morgan fingerprint density at radius 1 is 1.17 bits per heavy atom. The number of benzene rings is 2. The molecule has 0 radical (unpaired) electrons. The average molecular weight is 342 g/mol. The Labute approximate surface area is 146 Å². The Hall–Kier alpha value is -1.85. The van der Waals surface area contributed by atoms with Crippen molar-refractivity contribution in [3.8, 4) is 0 Å². The summed E-state index contributed by atoms with van der Waals surface area (Å²) in [5, 5.41) is 3.97. The molecule has 3 nitrogen and oxygen atoms in total. The Morgan fingerprint density at radius 3 is 2.65 bits per heavy atom. The number of carbonyl (C=O) groups is 1. The third kappa shape index (κ3) is 3.74. The van der Waals surface area contributed by atoms with E-state index in [9.17, 15) is 4.79 Å². The molecule has 0 saturated heterocycles. The molecule has 1 aliphatic rings. The van der Waals surface area contributed by atoms with Crippen LogP contribution in [0.25, 0.3) is 0 Å². The fourth-order valence-corrected chi connectivity index (χ4v) is 3.82. The highest BCUT2D eigenvalue weighted by Gasteiger charge is 2.18. The van der Waals surface area contributed by atoms with Crippen molar-refractivity contribution in [3.63, 3.8) is 0 Å². The lowest BCUT2D eigenvalue weighted by molar-refractivity contribution is 0.101. The van der Waals surface area contributed by atoms with Crippen LogP contribution >= 0.6 is 24.0 Å². The van der Waals surface area contributed by atoms with E-state index in [1.54, 1.807) is 6.92 Å². The highest BCUT2D eigenvalue weighted by Crippen LogP contribution is 2.33. The van der Waals surface area contributed by atoms with Gasteiger partial charge in [-0.1, -0.05) is 12.1 Å². The first kappa shape index (κ1) is 16.0. The average Bonchev–Trinajstić information content (AvgIpc) is 2.77. The number of fused-ring (bicyclic) bond motifs is 1. The standard InChI is InChI=1S/C18H18N2OS2/c1-13(21)14-7-9-15(10-8-14)19-18(22)20-11-4-12-23-17-6-3-2-5-16(17)20/h2-3,5-10H,4,11-12H2,1H3,(H,19,22). The lowest BCUT2D eigenvalue weighted by atomic mass is 10.1. The molecule has 1 aliphatic heterocycles. The van der Waals surface area contributed by atoms with Crippen molar-refractivity contribution in [1.82, 2.24) is 0 Å². The topological polar surface area (TPSA) is 32.3 Å². The first-order valence-electron chi connectivity index (χ1n) is 7.56. The Kier molecular flexibility index (Phi) is 4.98. The fraction of sp³-hybridized carbons (Fsp3) is 0.222. The minimum absolute atomic E-state index is 0.0672. The zero-order chi connectivity index (χ0) is 16.2. The second-order valence-corrected chi connectivity index (χ2v) is 6.91. The summed E-state index contributed by atoms with van der Waals surface area (Å²) in [6.45, 7) is 2.47. The molecule has 0 unspecified atom stereocenters. The summed E-state index contributed by atoms with van der Waals surface area (Å²) in [5.41, 5.74) is 2.76. The normalized spacial score (nSPS) is 13.9. The van der Waals surface area contributed by atoms with Gasteiger partial charge in [-0.3, -0.25) is 4.79 Å². The Morgan fingerprint density at radius 2 is 1.91 bits per heavy atom. The van der Waals surface area contributed by atoms with Crippen LogP contribution in [0.5, 0.6) is 0 Å². The van der Waals surface area contributed by atoms with Gasteiger partial charge in [-0.15, -0.1) is 11.8 Å². The second kappa shape index (κ2) is 7.15. The van der Waals surface area contributed by atoms with Crippen LogP contribution in [-0.4, -0.2) is 23.2 Å². The van der Waals surface area contributed by atoms with E-state index in [4.69, 9.17) is 12.2 Å². The van der Waals surface area contributed by atoms with E-state index >= 15 is 0 Å². The highest BCUT2D eigenvalue weighted by molar-refractivity contribution is 7.99. The summed E-state index contributed by atoms with van der Waals surface area (Å²) in [6, 6.07) is 15.8. The van der Waals surface area contributed by atoms with Gasteiger partial charge in [-0.25, -0.2) is 0 Å². The van der Waals surface area contributed by atoms with Crippen molar-refractivity contribution in [2.45, 2.75) is 18.2 Å². The van der Waals surface area contributed by atoms with Crippen LogP contribution < -0.4 is 10.2 Å². The van der Waals surface area contributed by atoms with Crippen molar-refractivity contribution in [1.29, 1.82) is 0 Å². The van der Waals surface area contributed by atoms with E-state index in [2.05, 4.69) is 28.4 Å². The summed E-state index contributed by atoms with van der Waals surface area (Å²) in [5.74, 6) is 1.17. The summed E-state index contributed by atoms with van der Waals surface area (Å²) >= 11 is 7.49. The predicted octanol–water partition coefficient (Wildman–Crippen LogP) is 4.59. The van der Waals surface area contributed by atoms with Crippen LogP contribution in [0.1, 0.15) is 23.7 Å². The molecule has 2 aromatic carbocycles. The minimum atomic E-state index is 0.0672. The number of nitrogens with zero attached hydrogens (tertiary/aromatic N) is 1. The summed E-state index contributed by atoms with van der Waals surface area (Å²) in [6.07, 6.45) is 1.09. The smallest absolute Gasteiger partial charge is 0.177 e. The first-order chi connectivity index (χ1) is 11.1. The summed E-state index contributed by atoms with van der Waals surface area (Å²) < 4.78 is 0. The van der Waals surface area contributed by atoms with Gasteiger partial charge in [0, 0.05) is 22.7 Å². The number of carbonyl (C=O) groups excluding carboxylic acids is 1. The molecule has 0 amide bonds. The summed E-state index contributed by atoms with van der Waals surface area (Å²) in [4.78, 5) is 14.8. The minimum Gasteiger partial charge on any atom is -0.332 e. The molecule has 0 spiro atoms. The van der Waals surface area contributed by atoms with Gasteiger partial charge in [0.15, 0.2) is 10.9 Å². The van der Waals surface area contributed by atoms with E-state index < -0.39 is 0 Å². The number of thiocarbonyl (C=S) groups is 1. The van der Waals surface area contributed by atoms with Crippen molar-refractivity contribution in [3.05, 3.63) is 54.1 Å². The maximum absolute atomic E-state index is 11.3. The molecule has 1 heterocycles. The molecule has 2 aromatic rings. The van der Waals surface area contributed by atoms with Gasteiger partial charge in [0.25, 0.3) is 0 Å².